The summed E-state index contributed by atoms with van der Waals surface area (Å²) in [4.78, 5) is 51.2. The van der Waals surface area contributed by atoms with Gasteiger partial charge in [0, 0.05) is 81.0 Å². The summed E-state index contributed by atoms with van der Waals surface area (Å²) in [7, 11) is 0. The summed E-state index contributed by atoms with van der Waals surface area (Å²) in [6, 6.07) is 20.8. The number of pyridine rings is 1. The van der Waals surface area contributed by atoms with E-state index in [1.807, 2.05) is 54.3 Å². The van der Waals surface area contributed by atoms with Crippen LogP contribution in [-0.2, 0) is 9.53 Å². The SMILES string of the molecule is Cc1nc2c(ccn2C2CCN(CC3CCN(C(=O)c4ccc([C@@H]5CN(c6cc(-c7ccccc7O)nnc6N)[C@H](C)[C@H](C)O5)cc4)CC3)CC2)cc1N1CCC(=O)NC1=O. The van der Waals surface area contributed by atoms with Crippen molar-refractivity contribution in [1.29, 1.82) is 0 Å². The fourth-order valence-corrected chi connectivity index (χ4v) is 9.57. The lowest BCUT2D eigenvalue weighted by molar-refractivity contribution is -0.120. The fraction of sp³-hybridized carbons (Fsp3) is 0.435. The van der Waals surface area contributed by atoms with Gasteiger partial charge in [-0.15, -0.1) is 10.2 Å². The Morgan fingerprint density at radius 1 is 0.918 bits per heavy atom. The van der Waals surface area contributed by atoms with E-state index >= 15 is 0 Å². The Morgan fingerprint density at radius 2 is 1.67 bits per heavy atom. The molecule has 318 valence electrons. The van der Waals surface area contributed by atoms with E-state index in [1.54, 1.807) is 23.1 Å². The molecule has 5 aromatic rings. The van der Waals surface area contributed by atoms with Gasteiger partial charge in [0.15, 0.2) is 5.82 Å². The minimum Gasteiger partial charge on any atom is -0.507 e. The molecule has 61 heavy (non-hydrogen) atoms. The number of urea groups is 1. The number of para-hydroxylation sites is 1. The third-order valence-corrected chi connectivity index (χ3v) is 13.3. The number of nitrogens with one attached hydrogen (secondary N) is 1. The topological polar surface area (TPSA) is 175 Å². The third-order valence-electron chi connectivity index (χ3n) is 13.3. The van der Waals surface area contributed by atoms with Crippen LogP contribution in [0.25, 0.3) is 22.3 Å². The van der Waals surface area contributed by atoms with Crippen molar-refractivity contribution in [1.82, 2.24) is 34.9 Å². The van der Waals surface area contributed by atoms with Gasteiger partial charge in [0.2, 0.25) is 5.91 Å². The smallest absolute Gasteiger partial charge is 0.328 e. The van der Waals surface area contributed by atoms with Gasteiger partial charge in [-0.1, -0.05) is 24.3 Å². The van der Waals surface area contributed by atoms with Gasteiger partial charge < -0.3 is 34.8 Å². The van der Waals surface area contributed by atoms with Crippen LogP contribution in [0.3, 0.4) is 0 Å². The first kappa shape index (κ1) is 40.4. The van der Waals surface area contributed by atoms with Crippen molar-refractivity contribution in [2.45, 2.75) is 77.2 Å². The number of aromatic nitrogens is 4. The maximum atomic E-state index is 13.7. The van der Waals surface area contributed by atoms with E-state index in [0.717, 1.165) is 92.1 Å². The predicted molar refractivity (Wildman–Crippen MR) is 233 cm³/mol. The number of carbonyl (C=O) groups is 3. The second kappa shape index (κ2) is 16.8. The van der Waals surface area contributed by atoms with E-state index < -0.39 is 6.03 Å². The number of benzene rings is 2. The van der Waals surface area contributed by atoms with E-state index in [9.17, 15) is 19.5 Å². The average Bonchev–Trinajstić information content (AvgIpc) is 3.68. The highest BCUT2D eigenvalue weighted by Gasteiger charge is 2.35. The van der Waals surface area contributed by atoms with Crippen molar-refractivity contribution < 1.29 is 24.2 Å². The number of amides is 4. The highest BCUT2D eigenvalue weighted by Crippen LogP contribution is 2.38. The summed E-state index contributed by atoms with van der Waals surface area (Å²) in [5, 5.41) is 22.4. The zero-order valence-electron chi connectivity index (χ0n) is 35.0. The molecule has 4 N–H and O–H groups in total. The van der Waals surface area contributed by atoms with E-state index in [1.165, 1.54) is 0 Å². The van der Waals surface area contributed by atoms with Crippen LogP contribution in [0.2, 0.25) is 0 Å². The molecule has 9 rings (SSSR count). The minimum atomic E-state index is -0.395. The zero-order chi connectivity index (χ0) is 42.4. The Bertz CT molecular complexity index is 2440. The lowest BCUT2D eigenvalue weighted by Crippen LogP contribution is -2.50. The van der Waals surface area contributed by atoms with E-state index in [0.29, 0.717) is 47.7 Å². The maximum absolute atomic E-state index is 13.7. The van der Waals surface area contributed by atoms with Crippen LogP contribution in [0.15, 0.2) is 72.9 Å². The molecule has 7 heterocycles. The fourth-order valence-electron chi connectivity index (χ4n) is 9.57. The number of aryl methyl sites for hydroxylation is 1. The molecule has 0 radical (unpaired) electrons. The van der Waals surface area contributed by atoms with Crippen molar-refractivity contribution in [2.75, 3.05) is 61.3 Å². The number of ether oxygens (including phenoxy) is 1. The van der Waals surface area contributed by atoms with Crippen LogP contribution in [0.4, 0.5) is 22.0 Å². The monoisotopic (exact) mass is 826 g/mol. The van der Waals surface area contributed by atoms with Crippen molar-refractivity contribution >= 4 is 46.1 Å². The van der Waals surface area contributed by atoms with Gasteiger partial charge in [0.25, 0.3) is 5.91 Å². The molecule has 0 aliphatic carbocycles. The molecule has 15 nitrogen and oxygen atoms in total. The average molecular weight is 827 g/mol. The number of rotatable bonds is 8. The molecular formula is C46H54N10O5. The number of piperidine rings is 2. The molecule has 0 unspecified atom stereocenters. The van der Waals surface area contributed by atoms with Crippen molar-refractivity contribution in [2.24, 2.45) is 5.92 Å². The molecule has 3 atom stereocenters. The number of nitrogens with two attached hydrogens (primary N) is 1. The number of nitrogen functional groups attached to an aromatic ring is 1. The number of phenols is 1. The summed E-state index contributed by atoms with van der Waals surface area (Å²) in [5.74, 6) is 0.810. The summed E-state index contributed by atoms with van der Waals surface area (Å²) >= 11 is 0. The molecule has 4 fully saturated rings. The Labute approximate surface area is 355 Å². The first-order chi connectivity index (χ1) is 29.5. The van der Waals surface area contributed by atoms with Crippen LogP contribution in [-0.4, -0.2) is 110 Å². The first-order valence-corrected chi connectivity index (χ1v) is 21.6. The second-order valence-electron chi connectivity index (χ2n) is 17.1. The Morgan fingerprint density at radius 3 is 2.41 bits per heavy atom. The number of phenolic OH excluding ortho intramolecular Hbond substituents is 1. The van der Waals surface area contributed by atoms with Crippen LogP contribution in [0.1, 0.15) is 79.7 Å². The van der Waals surface area contributed by atoms with Crippen LogP contribution < -0.4 is 20.9 Å². The number of likely N-dealkylation sites (tertiary alicyclic amines) is 2. The molecule has 4 aliphatic heterocycles. The lowest BCUT2D eigenvalue weighted by atomic mass is 9.94. The molecule has 4 saturated heterocycles. The molecule has 4 amide bonds. The first-order valence-electron chi connectivity index (χ1n) is 21.6. The minimum absolute atomic E-state index is 0.00659. The molecule has 2 aromatic carbocycles. The molecule has 0 saturated carbocycles. The third kappa shape index (κ3) is 8.11. The van der Waals surface area contributed by atoms with Gasteiger partial charge in [0.1, 0.15) is 17.5 Å². The summed E-state index contributed by atoms with van der Waals surface area (Å²) in [5.41, 5.74) is 12.4. The van der Waals surface area contributed by atoms with Crippen molar-refractivity contribution in [3.8, 4) is 17.0 Å². The quantitative estimate of drug-likeness (QED) is 0.165. The molecule has 15 heteroatoms. The van der Waals surface area contributed by atoms with E-state index in [2.05, 4.69) is 56.0 Å². The highest BCUT2D eigenvalue weighted by atomic mass is 16.5. The van der Waals surface area contributed by atoms with Crippen LogP contribution in [0, 0.1) is 12.8 Å². The molecule has 0 bridgehead atoms. The van der Waals surface area contributed by atoms with Gasteiger partial charge in [-0.05, 0) is 100 Å². The standard InChI is InChI=1S/C46H54N10O5/c1-28-38(55-23-17-42(58)49-46(55)60)24-34-14-22-54(44(34)48-28)35-15-18-52(19-16-35)26-31-12-20-53(21-13-31)45(59)33-10-8-32(9-11-33)41-27-56(29(2)30(3)61-41)39-25-37(50-51-43(39)47)36-6-4-5-7-40(36)57/h4-11,14,22,24-25,29-31,35,41,57H,12-13,15-21,23,26-27H2,1-3H3,(H2,47,51)(H,49,58,60)/t29-,30+,41+/m1/s1. The lowest BCUT2D eigenvalue weighted by Gasteiger charge is -2.43. The van der Waals surface area contributed by atoms with Crippen LogP contribution in [0.5, 0.6) is 5.75 Å². The number of aromatic hydroxyl groups is 1. The number of imide groups is 1. The summed E-state index contributed by atoms with van der Waals surface area (Å²) in [6.45, 7) is 11.5. The van der Waals surface area contributed by atoms with Gasteiger partial charge in [-0.25, -0.2) is 9.78 Å². The number of hydrogen-bond donors (Lipinski definition) is 3. The number of hydrogen-bond acceptors (Lipinski definition) is 11. The molecule has 3 aromatic heterocycles. The largest absolute Gasteiger partial charge is 0.507 e. The van der Waals surface area contributed by atoms with Gasteiger partial charge in [0.05, 0.1) is 34.9 Å². The Balaban J connectivity index is 0.769. The van der Waals surface area contributed by atoms with Crippen LogP contribution >= 0.6 is 0 Å². The molecule has 0 spiro atoms. The van der Waals surface area contributed by atoms with E-state index in [4.69, 9.17) is 15.5 Å². The van der Waals surface area contributed by atoms with Gasteiger partial charge >= 0.3 is 6.03 Å². The number of fused-ring (bicyclic) bond motifs is 1. The number of morpholine rings is 1. The number of anilines is 3. The van der Waals surface area contributed by atoms with Gasteiger partial charge in [-0.3, -0.25) is 19.8 Å². The van der Waals surface area contributed by atoms with Gasteiger partial charge in [-0.2, -0.15) is 0 Å². The second-order valence-corrected chi connectivity index (χ2v) is 17.1. The normalized spacial score (nSPS) is 22.2. The predicted octanol–water partition coefficient (Wildman–Crippen LogP) is 6.08. The number of carbonyl (C=O) groups excluding carboxylic acids is 3. The van der Waals surface area contributed by atoms with E-state index in [-0.39, 0.29) is 42.2 Å². The number of nitrogens with zero attached hydrogens (tertiary/aromatic N) is 8. The Kier molecular flexibility index (Phi) is 11.1. The van der Waals surface area contributed by atoms with Crippen molar-refractivity contribution in [3.63, 3.8) is 0 Å². The highest BCUT2D eigenvalue weighted by molar-refractivity contribution is 6.06. The maximum Gasteiger partial charge on any atom is 0.328 e. The zero-order valence-corrected chi connectivity index (χ0v) is 35.0. The Hall–Kier alpha value is -6.06. The molecule has 4 aliphatic rings. The summed E-state index contributed by atoms with van der Waals surface area (Å²) in [6.07, 6.45) is 6.08. The molecular weight excluding hydrogens is 773 g/mol. The van der Waals surface area contributed by atoms with Crippen molar-refractivity contribution in [3.05, 3.63) is 89.7 Å². The summed E-state index contributed by atoms with van der Waals surface area (Å²) < 4.78 is 8.79.